The highest BCUT2D eigenvalue weighted by molar-refractivity contribution is 7.90. The molecule has 7 heteroatoms. The number of carbonyl (C=O) groups excluding carboxylic acids is 1. The van der Waals surface area contributed by atoms with Crippen molar-refractivity contribution in [2.45, 2.75) is 4.90 Å². The van der Waals surface area contributed by atoms with Crippen molar-refractivity contribution < 1.29 is 22.3 Å². The highest BCUT2D eigenvalue weighted by Crippen LogP contribution is 2.39. The van der Waals surface area contributed by atoms with Crippen molar-refractivity contribution in [2.24, 2.45) is 0 Å². The van der Waals surface area contributed by atoms with E-state index >= 15 is 0 Å². The summed E-state index contributed by atoms with van der Waals surface area (Å²) in [4.78, 5) is 12.1. The summed E-state index contributed by atoms with van der Waals surface area (Å²) >= 11 is 0. The molecule has 1 heterocycles. The molecule has 0 aliphatic heterocycles. The molecule has 0 fully saturated rings. The van der Waals surface area contributed by atoms with E-state index in [1.54, 1.807) is 42.5 Å². The molecule has 146 valence electrons. The molecule has 0 N–H and O–H groups in total. The van der Waals surface area contributed by atoms with E-state index in [-0.39, 0.29) is 27.2 Å². The van der Waals surface area contributed by atoms with Gasteiger partial charge in [-0.15, -0.1) is 0 Å². The summed E-state index contributed by atoms with van der Waals surface area (Å²) in [5.41, 5.74) is 0.443. The summed E-state index contributed by atoms with van der Waals surface area (Å²) in [6.07, 6.45) is 0.439. The number of hydrogen-bond acceptors (Lipinski definition) is 4. The van der Waals surface area contributed by atoms with Crippen LogP contribution in [-0.2, 0) is 10.0 Å². The fourth-order valence-corrected chi connectivity index (χ4v) is 4.92. The Balaban J connectivity index is 2.17. The number of rotatable bonds is 5. The predicted molar refractivity (Wildman–Crippen MR) is 108 cm³/mol. The molecule has 0 aliphatic carbocycles. The van der Waals surface area contributed by atoms with Crippen LogP contribution in [0.5, 0.6) is 5.75 Å². The van der Waals surface area contributed by atoms with Crippen molar-refractivity contribution in [1.82, 2.24) is 3.97 Å². The van der Waals surface area contributed by atoms with Gasteiger partial charge in [-0.3, -0.25) is 4.79 Å². The fourth-order valence-electron chi connectivity index (χ4n) is 3.40. The van der Waals surface area contributed by atoms with Crippen LogP contribution < -0.4 is 4.74 Å². The van der Waals surface area contributed by atoms with Crippen molar-refractivity contribution in [3.8, 4) is 16.9 Å². The van der Waals surface area contributed by atoms with Gasteiger partial charge in [-0.2, -0.15) is 0 Å². The Morgan fingerprint density at radius 2 is 1.66 bits per heavy atom. The lowest BCUT2D eigenvalue weighted by Crippen LogP contribution is -2.15. The van der Waals surface area contributed by atoms with Gasteiger partial charge in [-0.25, -0.2) is 16.8 Å². The lowest BCUT2D eigenvalue weighted by atomic mass is 10.0. The number of fused-ring (bicyclic) bond motifs is 1. The van der Waals surface area contributed by atoms with Crippen LogP contribution in [0.25, 0.3) is 22.0 Å². The zero-order valence-electron chi connectivity index (χ0n) is 15.4. The first-order valence-corrected chi connectivity index (χ1v) is 10.2. The molecule has 4 aromatic rings. The van der Waals surface area contributed by atoms with Gasteiger partial charge in [-0.05, 0) is 36.4 Å². The van der Waals surface area contributed by atoms with Gasteiger partial charge in [0.1, 0.15) is 17.3 Å². The van der Waals surface area contributed by atoms with Crippen LogP contribution in [0.1, 0.15) is 10.5 Å². The van der Waals surface area contributed by atoms with Crippen molar-refractivity contribution >= 4 is 27.2 Å². The molecule has 0 amide bonds. The first-order valence-electron chi connectivity index (χ1n) is 8.72. The van der Waals surface area contributed by atoms with Crippen LogP contribution in [0.2, 0.25) is 0 Å². The second-order valence-corrected chi connectivity index (χ2v) is 8.11. The smallest absolute Gasteiger partial charge is 0.268 e. The lowest BCUT2D eigenvalue weighted by molar-refractivity contribution is 0.111. The second kappa shape index (κ2) is 7.18. The van der Waals surface area contributed by atoms with E-state index in [2.05, 4.69) is 0 Å². The molecular weight excluding hydrogens is 393 g/mol. The van der Waals surface area contributed by atoms with Gasteiger partial charge in [0, 0.05) is 16.5 Å². The summed E-state index contributed by atoms with van der Waals surface area (Å²) in [6.45, 7) is 0. The van der Waals surface area contributed by atoms with Gasteiger partial charge in [0.25, 0.3) is 10.0 Å². The summed E-state index contributed by atoms with van der Waals surface area (Å²) in [5, 5.41) is 0.399. The largest absolute Gasteiger partial charge is 0.497 e. The van der Waals surface area contributed by atoms with Crippen molar-refractivity contribution in [2.75, 3.05) is 7.11 Å². The molecule has 0 saturated heterocycles. The number of methoxy groups -OCH3 is 1. The summed E-state index contributed by atoms with van der Waals surface area (Å²) < 4.78 is 47.6. The Labute approximate surface area is 167 Å². The van der Waals surface area contributed by atoms with Gasteiger partial charge < -0.3 is 4.74 Å². The maximum atomic E-state index is 14.6. The van der Waals surface area contributed by atoms with Gasteiger partial charge in [0.15, 0.2) is 6.29 Å². The van der Waals surface area contributed by atoms with E-state index in [0.29, 0.717) is 17.4 Å². The molecular formula is C22H16FNO4S. The van der Waals surface area contributed by atoms with Crippen LogP contribution in [0.3, 0.4) is 0 Å². The van der Waals surface area contributed by atoms with Crippen LogP contribution >= 0.6 is 0 Å². The molecule has 0 saturated carbocycles. The normalized spacial score (nSPS) is 11.5. The number of hydrogen-bond donors (Lipinski definition) is 0. The molecule has 4 rings (SSSR count). The van der Waals surface area contributed by atoms with Crippen molar-refractivity contribution in [3.05, 3.63) is 84.3 Å². The third kappa shape index (κ3) is 3.00. The van der Waals surface area contributed by atoms with Gasteiger partial charge in [-0.1, -0.05) is 36.4 Å². The molecule has 1 aromatic heterocycles. The van der Waals surface area contributed by atoms with Crippen molar-refractivity contribution in [3.63, 3.8) is 0 Å². The monoisotopic (exact) mass is 409 g/mol. The molecule has 0 spiro atoms. The fraction of sp³-hybridized carbons (Fsp3) is 0.0455. The minimum absolute atomic E-state index is 0.0240. The second-order valence-electron chi connectivity index (χ2n) is 6.32. The molecule has 3 aromatic carbocycles. The van der Waals surface area contributed by atoms with E-state index in [1.165, 1.54) is 37.4 Å². The van der Waals surface area contributed by atoms with E-state index in [4.69, 9.17) is 4.74 Å². The number of benzene rings is 3. The SMILES string of the molecule is COc1ccc2c(c1)c(-c1ccccc1F)c(C=O)n2S(=O)(=O)c1ccccc1. The van der Waals surface area contributed by atoms with Crippen LogP contribution in [0.4, 0.5) is 4.39 Å². The minimum Gasteiger partial charge on any atom is -0.497 e. The molecule has 5 nitrogen and oxygen atoms in total. The molecule has 0 radical (unpaired) electrons. The Morgan fingerprint density at radius 3 is 2.31 bits per heavy atom. The first-order chi connectivity index (χ1) is 14.0. The quantitative estimate of drug-likeness (QED) is 0.455. The number of aromatic nitrogens is 1. The summed E-state index contributed by atoms with van der Waals surface area (Å²) in [5.74, 6) is -0.101. The van der Waals surface area contributed by atoms with Crippen LogP contribution in [-0.4, -0.2) is 25.8 Å². The topological polar surface area (TPSA) is 65.4 Å². The lowest BCUT2D eigenvalue weighted by Gasteiger charge is -2.10. The Kier molecular flexibility index (Phi) is 4.68. The van der Waals surface area contributed by atoms with Crippen LogP contribution in [0.15, 0.2) is 77.7 Å². The predicted octanol–water partition coefficient (Wildman–Crippen LogP) is 4.51. The Morgan fingerprint density at radius 1 is 0.966 bits per heavy atom. The molecule has 0 bridgehead atoms. The van der Waals surface area contributed by atoms with Crippen molar-refractivity contribution in [1.29, 1.82) is 0 Å². The summed E-state index contributed by atoms with van der Waals surface area (Å²) in [6, 6.07) is 18.5. The number of aldehydes is 1. The molecule has 0 atom stereocenters. The Hall–Kier alpha value is -3.45. The average molecular weight is 409 g/mol. The number of halogens is 1. The number of carbonyl (C=O) groups is 1. The molecule has 29 heavy (non-hydrogen) atoms. The highest BCUT2D eigenvalue weighted by Gasteiger charge is 2.28. The maximum absolute atomic E-state index is 14.6. The molecule has 0 unspecified atom stereocenters. The van der Waals surface area contributed by atoms with Gasteiger partial charge >= 0.3 is 0 Å². The first kappa shape index (κ1) is 18.9. The van der Waals surface area contributed by atoms with Crippen LogP contribution in [0, 0.1) is 5.82 Å². The van der Waals surface area contributed by atoms with Gasteiger partial charge in [0.05, 0.1) is 17.5 Å². The number of ether oxygens (including phenoxy) is 1. The third-order valence-corrected chi connectivity index (χ3v) is 6.45. The Bertz CT molecular complexity index is 1330. The van der Waals surface area contributed by atoms with E-state index in [9.17, 15) is 17.6 Å². The van der Waals surface area contributed by atoms with E-state index < -0.39 is 15.8 Å². The minimum atomic E-state index is -4.11. The average Bonchev–Trinajstić information content (AvgIpc) is 3.08. The van der Waals surface area contributed by atoms with E-state index in [0.717, 1.165) is 3.97 Å². The standard InChI is InChI=1S/C22H16FNO4S/c1-28-15-11-12-20-18(13-15)22(17-9-5-6-10-19(17)23)21(14-25)24(20)29(26,27)16-7-3-2-4-8-16/h2-14H,1H3. The maximum Gasteiger partial charge on any atom is 0.268 e. The summed E-state index contributed by atoms with van der Waals surface area (Å²) in [7, 11) is -2.63. The van der Waals surface area contributed by atoms with Gasteiger partial charge in [0.2, 0.25) is 0 Å². The zero-order valence-corrected chi connectivity index (χ0v) is 16.2. The highest BCUT2D eigenvalue weighted by atomic mass is 32.2. The zero-order chi connectivity index (χ0) is 20.6. The van der Waals surface area contributed by atoms with E-state index in [1.807, 2.05) is 0 Å². The third-order valence-electron chi connectivity index (χ3n) is 4.70. The number of nitrogens with zero attached hydrogens (tertiary/aromatic N) is 1. The molecule has 0 aliphatic rings.